The van der Waals surface area contributed by atoms with Crippen LogP contribution in [-0.4, -0.2) is 25.8 Å². The van der Waals surface area contributed by atoms with Crippen molar-refractivity contribution >= 4 is 5.84 Å². The van der Waals surface area contributed by atoms with E-state index in [1.165, 1.54) is 57.8 Å². The second-order valence-electron chi connectivity index (χ2n) is 5.50. The van der Waals surface area contributed by atoms with Crippen LogP contribution in [0.3, 0.4) is 0 Å². The van der Waals surface area contributed by atoms with Gasteiger partial charge in [-0.3, -0.25) is 4.68 Å². The maximum absolute atomic E-state index is 8.54. The Labute approximate surface area is 127 Å². The minimum Gasteiger partial charge on any atom is -0.409 e. The predicted molar refractivity (Wildman–Crippen MR) is 84.4 cm³/mol. The number of hydrogen-bond donors (Lipinski definition) is 2. The standard InChI is InChI=1S/C15H29N5O/c1-2-3-4-5-6-7-8-9-10-11-12-20-13-17-15(18-20)14(16)19-21/h13,21H,2-12H2,1H3,(H2,16,19). The summed E-state index contributed by atoms with van der Waals surface area (Å²) in [5.41, 5.74) is 5.42. The van der Waals surface area contributed by atoms with Crippen LogP contribution in [0, 0.1) is 0 Å². The summed E-state index contributed by atoms with van der Waals surface area (Å²) in [6.45, 7) is 3.09. The first-order valence-electron chi connectivity index (χ1n) is 8.15. The van der Waals surface area contributed by atoms with Gasteiger partial charge in [-0.05, 0) is 6.42 Å². The number of nitrogens with two attached hydrogens (primary N) is 1. The van der Waals surface area contributed by atoms with Crippen molar-refractivity contribution in [1.29, 1.82) is 0 Å². The highest BCUT2D eigenvalue weighted by molar-refractivity contribution is 5.93. The van der Waals surface area contributed by atoms with Crippen molar-refractivity contribution in [1.82, 2.24) is 14.8 Å². The van der Waals surface area contributed by atoms with Crippen molar-refractivity contribution in [3.63, 3.8) is 0 Å². The second kappa shape index (κ2) is 11.1. The molecular formula is C15H29N5O. The van der Waals surface area contributed by atoms with Crippen LogP contribution in [-0.2, 0) is 6.54 Å². The molecule has 0 aliphatic rings. The fraction of sp³-hybridized carbons (Fsp3) is 0.800. The highest BCUT2D eigenvalue weighted by atomic mass is 16.4. The molecule has 1 aromatic heterocycles. The number of aromatic nitrogens is 3. The Morgan fingerprint density at radius 2 is 1.67 bits per heavy atom. The van der Waals surface area contributed by atoms with Crippen molar-refractivity contribution in [3.05, 3.63) is 12.2 Å². The SMILES string of the molecule is CCCCCCCCCCCCn1cnc(C(N)=NO)n1. The van der Waals surface area contributed by atoms with Gasteiger partial charge in [-0.15, -0.1) is 5.10 Å². The lowest BCUT2D eigenvalue weighted by molar-refractivity contribution is 0.318. The number of rotatable bonds is 12. The first kappa shape index (κ1) is 17.5. The molecule has 0 saturated carbocycles. The van der Waals surface area contributed by atoms with Gasteiger partial charge in [0.15, 0.2) is 0 Å². The molecule has 0 bridgehead atoms. The van der Waals surface area contributed by atoms with Crippen molar-refractivity contribution in [3.8, 4) is 0 Å². The fourth-order valence-electron chi connectivity index (χ4n) is 2.33. The molecule has 0 aliphatic heterocycles. The maximum Gasteiger partial charge on any atom is 0.219 e. The summed E-state index contributed by atoms with van der Waals surface area (Å²) in [6, 6.07) is 0. The molecule has 1 rings (SSSR count). The zero-order chi connectivity index (χ0) is 15.3. The molecule has 0 amide bonds. The zero-order valence-corrected chi connectivity index (χ0v) is 13.2. The molecule has 120 valence electrons. The molecule has 1 aromatic rings. The number of unbranched alkanes of at least 4 members (excludes halogenated alkanes) is 9. The van der Waals surface area contributed by atoms with Crippen LogP contribution < -0.4 is 5.73 Å². The third kappa shape index (κ3) is 7.68. The number of hydrogen-bond acceptors (Lipinski definition) is 4. The van der Waals surface area contributed by atoms with Gasteiger partial charge in [0.25, 0.3) is 0 Å². The number of oxime groups is 1. The van der Waals surface area contributed by atoms with Crippen molar-refractivity contribution < 1.29 is 5.21 Å². The van der Waals surface area contributed by atoms with E-state index in [1.807, 2.05) is 0 Å². The van der Waals surface area contributed by atoms with Gasteiger partial charge < -0.3 is 10.9 Å². The molecule has 0 aliphatic carbocycles. The van der Waals surface area contributed by atoms with Crippen LogP contribution in [0.4, 0.5) is 0 Å². The summed E-state index contributed by atoms with van der Waals surface area (Å²) >= 11 is 0. The Hall–Kier alpha value is -1.59. The number of nitrogens with zero attached hydrogens (tertiary/aromatic N) is 4. The summed E-state index contributed by atoms with van der Waals surface area (Å²) in [6.07, 6.45) is 14.8. The van der Waals surface area contributed by atoms with Gasteiger partial charge in [-0.1, -0.05) is 69.9 Å². The van der Waals surface area contributed by atoms with E-state index in [0.29, 0.717) is 0 Å². The van der Waals surface area contributed by atoms with Crippen LogP contribution in [0.5, 0.6) is 0 Å². The van der Waals surface area contributed by atoms with Crippen LogP contribution in [0.2, 0.25) is 0 Å². The molecule has 0 aromatic carbocycles. The Bertz CT molecular complexity index is 403. The maximum atomic E-state index is 8.54. The van der Waals surface area contributed by atoms with E-state index >= 15 is 0 Å². The molecule has 6 heteroatoms. The quantitative estimate of drug-likeness (QED) is 0.203. The monoisotopic (exact) mass is 295 g/mol. The van der Waals surface area contributed by atoms with Crippen molar-refractivity contribution in [2.45, 2.75) is 77.7 Å². The molecule has 3 N–H and O–H groups in total. The molecule has 6 nitrogen and oxygen atoms in total. The molecule has 0 atom stereocenters. The normalized spacial score (nSPS) is 12.0. The lowest BCUT2D eigenvalue weighted by Gasteiger charge is -2.02. The van der Waals surface area contributed by atoms with Crippen molar-refractivity contribution in [2.75, 3.05) is 0 Å². The predicted octanol–water partition coefficient (Wildman–Crippen LogP) is 3.29. The molecule has 0 spiro atoms. The molecule has 1 heterocycles. The Morgan fingerprint density at radius 3 is 2.24 bits per heavy atom. The lowest BCUT2D eigenvalue weighted by atomic mass is 10.1. The number of amidine groups is 1. The van der Waals surface area contributed by atoms with E-state index < -0.39 is 0 Å². The zero-order valence-electron chi connectivity index (χ0n) is 13.2. The van der Waals surface area contributed by atoms with Crippen LogP contribution in [0.15, 0.2) is 11.5 Å². The molecule has 0 radical (unpaired) electrons. The largest absolute Gasteiger partial charge is 0.409 e. The highest BCUT2D eigenvalue weighted by Gasteiger charge is 2.05. The minimum absolute atomic E-state index is 0.0446. The fourth-order valence-corrected chi connectivity index (χ4v) is 2.33. The van der Waals surface area contributed by atoms with Gasteiger partial charge in [-0.2, -0.15) is 0 Å². The van der Waals surface area contributed by atoms with E-state index in [0.717, 1.165) is 13.0 Å². The lowest BCUT2D eigenvalue weighted by Crippen LogP contribution is -2.15. The average Bonchev–Trinajstić information content (AvgIpc) is 2.97. The Balaban J connectivity index is 1.98. The summed E-state index contributed by atoms with van der Waals surface area (Å²) in [5.74, 6) is 0.237. The van der Waals surface area contributed by atoms with E-state index in [1.54, 1.807) is 11.0 Å². The van der Waals surface area contributed by atoms with E-state index in [9.17, 15) is 0 Å². The minimum atomic E-state index is -0.0446. The van der Waals surface area contributed by atoms with E-state index in [4.69, 9.17) is 10.9 Å². The Kier molecular flexibility index (Phi) is 9.24. The summed E-state index contributed by atoms with van der Waals surface area (Å²) in [4.78, 5) is 3.99. The van der Waals surface area contributed by atoms with Gasteiger partial charge in [0.2, 0.25) is 11.7 Å². The number of aryl methyl sites for hydroxylation is 1. The molecular weight excluding hydrogens is 266 g/mol. The molecule has 0 fully saturated rings. The van der Waals surface area contributed by atoms with Gasteiger partial charge >= 0.3 is 0 Å². The summed E-state index contributed by atoms with van der Waals surface area (Å²) < 4.78 is 1.75. The topological polar surface area (TPSA) is 89.3 Å². The molecule has 21 heavy (non-hydrogen) atoms. The summed E-state index contributed by atoms with van der Waals surface area (Å²) in [5, 5.41) is 15.6. The van der Waals surface area contributed by atoms with Gasteiger partial charge in [0.05, 0.1) is 0 Å². The van der Waals surface area contributed by atoms with E-state index in [-0.39, 0.29) is 11.7 Å². The van der Waals surface area contributed by atoms with Crippen LogP contribution in [0.25, 0.3) is 0 Å². The van der Waals surface area contributed by atoms with Gasteiger partial charge in [0, 0.05) is 6.54 Å². The Morgan fingerprint density at radius 1 is 1.10 bits per heavy atom. The van der Waals surface area contributed by atoms with Crippen LogP contribution >= 0.6 is 0 Å². The van der Waals surface area contributed by atoms with Gasteiger partial charge in [0.1, 0.15) is 6.33 Å². The third-order valence-corrected chi connectivity index (χ3v) is 3.61. The second-order valence-corrected chi connectivity index (χ2v) is 5.50. The first-order chi connectivity index (χ1) is 10.3. The summed E-state index contributed by atoms with van der Waals surface area (Å²) in [7, 11) is 0. The van der Waals surface area contributed by atoms with Crippen molar-refractivity contribution in [2.24, 2.45) is 10.9 Å². The third-order valence-electron chi connectivity index (χ3n) is 3.61. The smallest absolute Gasteiger partial charge is 0.219 e. The molecule has 0 saturated heterocycles. The van der Waals surface area contributed by atoms with Gasteiger partial charge in [-0.25, -0.2) is 4.98 Å². The highest BCUT2D eigenvalue weighted by Crippen LogP contribution is 2.10. The average molecular weight is 295 g/mol. The first-order valence-corrected chi connectivity index (χ1v) is 8.15. The van der Waals surface area contributed by atoms with Crippen LogP contribution in [0.1, 0.15) is 77.0 Å². The molecule has 0 unspecified atom stereocenters. The van der Waals surface area contributed by atoms with E-state index in [2.05, 4.69) is 22.2 Å².